The monoisotopic (exact) mass is 706 g/mol. The number of methoxy groups -OCH3 is 2. The minimum absolute atomic E-state index is 0.149. The number of benzene rings is 2. The lowest BCUT2D eigenvalue weighted by molar-refractivity contribution is -0.141. The normalized spacial score (nSPS) is 11.8. The third-order valence-corrected chi connectivity index (χ3v) is 8.18. The molecule has 0 bridgehead atoms. The van der Waals surface area contributed by atoms with Crippen LogP contribution in [0, 0.1) is 6.01 Å². The zero-order chi connectivity index (χ0) is 32.2. The lowest BCUT2D eigenvalue weighted by atomic mass is 10.0. The number of aromatic nitrogens is 5. The molecule has 0 fully saturated rings. The maximum absolute atomic E-state index is 13.7. The van der Waals surface area contributed by atoms with Gasteiger partial charge in [-0.15, -0.1) is 0 Å². The maximum atomic E-state index is 13.7. The second-order valence-corrected chi connectivity index (χ2v) is 11.0. The summed E-state index contributed by atoms with van der Waals surface area (Å²) in [6, 6.07) is 17.6. The molecule has 0 spiro atoms. The highest BCUT2D eigenvalue weighted by molar-refractivity contribution is 9.10. The molecule has 0 unspecified atom stereocenters. The van der Waals surface area contributed by atoms with Crippen molar-refractivity contribution >= 4 is 44.8 Å². The fourth-order valence-corrected chi connectivity index (χ4v) is 6.07. The van der Waals surface area contributed by atoms with E-state index < -0.39 is 18.0 Å². The summed E-state index contributed by atoms with van der Waals surface area (Å²) < 4.78 is 37.5. The van der Waals surface area contributed by atoms with E-state index in [0.29, 0.717) is 38.6 Å². The van der Waals surface area contributed by atoms with E-state index in [9.17, 15) is 9.18 Å². The van der Waals surface area contributed by atoms with Gasteiger partial charge >= 0.3 is 5.97 Å². The summed E-state index contributed by atoms with van der Waals surface area (Å²) in [5.41, 5.74) is 2.93. The molecule has 4 aromatic heterocycles. The van der Waals surface area contributed by atoms with Gasteiger partial charge in [-0.25, -0.2) is 24.3 Å². The number of esters is 1. The number of fused-ring (bicyclic) bond motifs is 1. The molecule has 0 amide bonds. The van der Waals surface area contributed by atoms with Gasteiger partial charge in [0.2, 0.25) is 0 Å². The number of anilines is 1. The van der Waals surface area contributed by atoms with Crippen molar-refractivity contribution in [1.29, 1.82) is 0 Å². The Morgan fingerprint density at radius 2 is 1.85 bits per heavy atom. The molecule has 11 nitrogen and oxygen atoms in total. The number of para-hydroxylation sites is 2. The number of ether oxygens (including phenoxy) is 3. The molecule has 2 aromatic carbocycles. The summed E-state index contributed by atoms with van der Waals surface area (Å²) in [5.74, 6) is 1.66. The molecule has 0 aliphatic heterocycles. The summed E-state index contributed by atoms with van der Waals surface area (Å²) in [6.45, 7) is 0.149. The van der Waals surface area contributed by atoms with E-state index in [0.717, 1.165) is 11.1 Å². The summed E-state index contributed by atoms with van der Waals surface area (Å²) in [6.07, 6.45) is 3.13. The molecule has 6 rings (SSSR count). The molecule has 1 atom stereocenters. The van der Waals surface area contributed by atoms with Gasteiger partial charge in [0, 0.05) is 18.7 Å². The Hall–Kier alpha value is -5.01. The van der Waals surface area contributed by atoms with Crippen LogP contribution in [0.3, 0.4) is 0 Å². The van der Waals surface area contributed by atoms with Crippen molar-refractivity contribution in [1.82, 2.24) is 24.6 Å². The molecule has 4 heterocycles. The number of nitrogens with zero attached hydrogens (tertiary/aromatic N) is 5. The average Bonchev–Trinajstić information content (AvgIpc) is 3.62. The highest BCUT2D eigenvalue weighted by Gasteiger charge is 2.27. The number of hydrogen-bond donors (Lipinski definition) is 1. The molecule has 0 aliphatic rings. The van der Waals surface area contributed by atoms with E-state index in [1.807, 2.05) is 48.5 Å². The fourth-order valence-electron chi connectivity index (χ4n) is 4.90. The smallest absolute Gasteiger partial charge is 0.328 e. The number of hydrogen-bond acceptors (Lipinski definition) is 10. The third-order valence-electron chi connectivity index (χ3n) is 7.06. The van der Waals surface area contributed by atoms with Crippen LogP contribution in [0.25, 0.3) is 28.2 Å². The zero-order valence-corrected chi connectivity index (χ0v) is 26.8. The van der Waals surface area contributed by atoms with E-state index in [1.165, 1.54) is 30.1 Å². The molecule has 234 valence electrons. The number of carbonyl (C=O) groups is 1. The quantitative estimate of drug-likeness (QED) is 0.144. The lowest BCUT2D eigenvalue weighted by Crippen LogP contribution is -2.33. The van der Waals surface area contributed by atoms with Crippen LogP contribution in [0.1, 0.15) is 11.3 Å². The van der Waals surface area contributed by atoms with E-state index >= 15 is 0 Å². The van der Waals surface area contributed by atoms with Gasteiger partial charge < -0.3 is 23.9 Å². The first kappa shape index (κ1) is 31.0. The molecule has 1 N–H and O–H groups in total. The van der Waals surface area contributed by atoms with Crippen LogP contribution in [0.15, 0.2) is 88.1 Å². The van der Waals surface area contributed by atoms with Crippen molar-refractivity contribution in [2.24, 2.45) is 0 Å². The van der Waals surface area contributed by atoms with Crippen molar-refractivity contribution in [2.75, 3.05) is 19.5 Å². The molecule has 0 saturated carbocycles. The van der Waals surface area contributed by atoms with Gasteiger partial charge in [0.05, 0.1) is 35.5 Å². The van der Waals surface area contributed by atoms with Crippen LogP contribution in [0.5, 0.6) is 11.5 Å². The Bertz CT molecular complexity index is 2040. The molecule has 46 heavy (non-hydrogen) atoms. The molecular formula is C32H25BrClFN6O5. The molecule has 0 radical (unpaired) electrons. The number of rotatable bonds is 11. The van der Waals surface area contributed by atoms with E-state index in [-0.39, 0.29) is 29.8 Å². The summed E-state index contributed by atoms with van der Waals surface area (Å²) in [5, 5.41) is 7.56. The van der Waals surface area contributed by atoms with Crippen LogP contribution >= 0.6 is 27.5 Å². The minimum Gasteiger partial charge on any atom is -0.496 e. The first-order chi connectivity index (χ1) is 22.4. The highest BCUT2D eigenvalue weighted by atomic mass is 79.9. The third kappa shape index (κ3) is 6.24. The number of nitrogens with one attached hydrogen (secondary N) is 1. The first-order valence-corrected chi connectivity index (χ1v) is 15.0. The molecule has 6 aromatic rings. The van der Waals surface area contributed by atoms with E-state index in [4.69, 9.17) is 30.2 Å². The predicted octanol–water partition coefficient (Wildman–Crippen LogP) is 6.79. The van der Waals surface area contributed by atoms with Gasteiger partial charge in [0.25, 0.3) is 6.01 Å². The second-order valence-electron chi connectivity index (χ2n) is 9.85. The molecule has 14 heteroatoms. The topological polar surface area (TPSA) is 126 Å². The van der Waals surface area contributed by atoms with Gasteiger partial charge in [-0.05, 0) is 51.8 Å². The maximum Gasteiger partial charge on any atom is 0.328 e. The molecular weight excluding hydrogens is 683 g/mol. The van der Waals surface area contributed by atoms with Crippen LogP contribution < -0.4 is 14.8 Å². The van der Waals surface area contributed by atoms with Crippen molar-refractivity contribution in [3.63, 3.8) is 0 Å². The standard InChI is InChI=1S/C32H25BrClFN6O5/c1-43-23-10-6-4-8-20(23)30-36-14-13-19(39-30)16-45-22-9-5-3-7-18(22)15-21(32(42)44-2)40-31-28-27(33)26(24-11-12-25(35)46-24)29(34)41(28)38-17-37-31/h3-14,17,21H,15-16H2,1-2H3,(H,37,38,40)/t21-/m1/s1. The first-order valence-electron chi connectivity index (χ1n) is 13.8. The molecule has 0 aliphatic carbocycles. The Balaban J connectivity index is 1.26. The minimum atomic E-state index is -0.894. The van der Waals surface area contributed by atoms with Gasteiger partial charge in [-0.2, -0.15) is 9.49 Å². The van der Waals surface area contributed by atoms with Crippen LogP contribution in [0.4, 0.5) is 10.2 Å². The van der Waals surface area contributed by atoms with Crippen molar-refractivity contribution in [3.8, 4) is 34.2 Å². The Morgan fingerprint density at radius 3 is 2.61 bits per heavy atom. The Morgan fingerprint density at radius 1 is 1.07 bits per heavy atom. The zero-order valence-electron chi connectivity index (χ0n) is 24.4. The van der Waals surface area contributed by atoms with Crippen LogP contribution in [0.2, 0.25) is 5.15 Å². The fraction of sp³-hybridized carbons (Fsp3) is 0.156. The van der Waals surface area contributed by atoms with Crippen molar-refractivity contribution in [3.05, 3.63) is 106 Å². The van der Waals surface area contributed by atoms with Crippen molar-refractivity contribution < 1.29 is 27.8 Å². The number of halogens is 3. The van der Waals surface area contributed by atoms with Gasteiger partial charge in [0.1, 0.15) is 46.9 Å². The van der Waals surface area contributed by atoms with E-state index in [1.54, 1.807) is 19.4 Å². The number of furan rings is 1. The molecule has 0 saturated heterocycles. The van der Waals surface area contributed by atoms with Crippen molar-refractivity contribution in [2.45, 2.75) is 19.1 Å². The Labute approximate surface area is 275 Å². The van der Waals surface area contributed by atoms with Gasteiger partial charge in [-0.3, -0.25) is 0 Å². The second kappa shape index (κ2) is 13.5. The predicted molar refractivity (Wildman–Crippen MR) is 171 cm³/mol. The lowest BCUT2D eigenvalue weighted by Gasteiger charge is -2.19. The largest absolute Gasteiger partial charge is 0.496 e. The summed E-state index contributed by atoms with van der Waals surface area (Å²) in [4.78, 5) is 26.5. The van der Waals surface area contributed by atoms with Gasteiger partial charge in [0.15, 0.2) is 11.6 Å². The SMILES string of the molecule is COC(=O)[C@@H](Cc1ccccc1OCc1ccnc(-c2ccccc2OC)n1)Nc1ncnn2c(Cl)c(-c3ccc(F)o3)c(Br)c12. The van der Waals surface area contributed by atoms with Gasteiger partial charge in [-0.1, -0.05) is 41.9 Å². The summed E-state index contributed by atoms with van der Waals surface area (Å²) in [7, 11) is 2.90. The highest BCUT2D eigenvalue weighted by Crippen LogP contribution is 2.42. The summed E-state index contributed by atoms with van der Waals surface area (Å²) >= 11 is 10.1. The van der Waals surface area contributed by atoms with Crippen LogP contribution in [-0.4, -0.2) is 50.8 Å². The average molecular weight is 708 g/mol. The van der Waals surface area contributed by atoms with E-state index in [2.05, 4.69) is 41.3 Å². The van der Waals surface area contributed by atoms with Crippen LogP contribution in [-0.2, 0) is 22.6 Å². The Kier molecular flexibility index (Phi) is 9.13. The number of carbonyl (C=O) groups excluding carboxylic acids is 1.